The highest BCUT2D eigenvalue weighted by Crippen LogP contribution is 2.26. The Bertz CT molecular complexity index is 755. The molecule has 0 aliphatic rings. The van der Waals surface area contributed by atoms with Gasteiger partial charge < -0.3 is 5.32 Å². The fourth-order valence-corrected chi connectivity index (χ4v) is 3.14. The van der Waals surface area contributed by atoms with Gasteiger partial charge in [0.05, 0.1) is 12.2 Å². The molecule has 0 unspecified atom stereocenters. The Balaban J connectivity index is 1.88. The van der Waals surface area contributed by atoms with Gasteiger partial charge in [0.1, 0.15) is 5.69 Å². The average molecular weight is 323 g/mol. The summed E-state index contributed by atoms with van der Waals surface area (Å²) in [7, 11) is 0. The molecule has 4 nitrogen and oxygen atoms in total. The first-order valence-corrected chi connectivity index (χ1v) is 8.35. The quantitative estimate of drug-likeness (QED) is 0.780. The van der Waals surface area contributed by atoms with Crippen molar-refractivity contribution in [3.05, 3.63) is 82.1 Å². The van der Waals surface area contributed by atoms with E-state index in [1.165, 1.54) is 18.0 Å². The standard InChI is InChI=1S/C18H17N3OS/c1-2-13-5-7-14(8-6-13)17(16-4-3-11-23-16)21-18(22)15-12-19-9-10-20-15/h3-12,17H,2H2,1H3,(H,21,22)/t17-/m1/s1. The van der Waals surface area contributed by atoms with E-state index in [9.17, 15) is 4.79 Å². The zero-order valence-corrected chi connectivity index (χ0v) is 13.6. The number of carbonyl (C=O) groups excluding carboxylic acids is 1. The zero-order valence-electron chi connectivity index (χ0n) is 12.8. The van der Waals surface area contributed by atoms with Crippen LogP contribution < -0.4 is 5.32 Å². The molecule has 0 fully saturated rings. The van der Waals surface area contributed by atoms with Crippen molar-refractivity contribution >= 4 is 17.2 Å². The second-order valence-corrected chi connectivity index (χ2v) is 6.09. The first kappa shape index (κ1) is 15.4. The molecule has 2 heterocycles. The molecule has 0 saturated carbocycles. The largest absolute Gasteiger partial charge is 0.339 e. The van der Waals surface area contributed by atoms with E-state index in [0.717, 1.165) is 16.9 Å². The molecular formula is C18H17N3OS. The number of amides is 1. The Morgan fingerprint density at radius 2 is 2.04 bits per heavy atom. The number of hydrogen-bond acceptors (Lipinski definition) is 4. The van der Waals surface area contributed by atoms with E-state index < -0.39 is 0 Å². The third-order valence-corrected chi connectivity index (χ3v) is 4.56. The van der Waals surface area contributed by atoms with Crippen LogP contribution in [0.4, 0.5) is 0 Å². The molecule has 3 rings (SSSR count). The molecule has 0 spiro atoms. The lowest BCUT2D eigenvalue weighted by atomic mass is 10.0. The van der Waals surface area contributed by atoms with Gasteiger partial charge in [-0.15, -0.1) is 11.3 Å². The fraction of sp³-hybridized carbons (Fsp3) is 0.167. The highest BCUT2D eigenvalue weighted by atomic mass is 32.1. The fourth-order valence-electron chi connectivity index (χ4n) is 2.34. The van der Waals surface area contributed by atoms with Crippen LogP contribution in [0.25, 0.3) is 0 Å². The monoisotopic (exact) mass is 323 g/mol. The molecule has 5 heteroatoms. The Kier molecular flexibility index (Phi) is 4.78. The van der Waals surface area contributed by atoms with Gasteiger partial charge in [-0.25, -0.2) is 4.98 Å². The van der Waals surface area contributed by atoms with Crippen molar-refractivity contribution in [2.45, 2.75) is 19.4 Å². The minimum absolute atomic E-state index is 0.185. The molecule has 23 heavy (non-hydrogen) atoms. The lowest BCUT2D eigenvalue weighted by molar-refractivity contribution is 0.0938. The van der Waals surface area contributed by atoms with E-state index >= 15 is 0 Å². The maximum Gasteiger partial charge on any atom is 0.272 e. The molecule has 0 saturated heterocycles. The number of benzene rings is 1. The van der Waals surface area contributed by atoms with E-state index in [1.807, 2.05) is 17.5 Å². The normalized spacial score (nSPS) is 11.9. The number of aryl methyl sites for hydroxylation is 1. The van der Waals surface area contributed by atoms with Gasteiger partial charge in [0, 0.05) is 17.3 Å². The van der Waals surface area contributed by atoms with Gasteiger partial charge in [-0.3, -0.25) is 9.78 Å². The van der Waals surface area contributed by atoms with Gasteiger partial charge in [-0.1, -0.05) is 37.3 Å². The highest BCUT2D eigenvalue weighted by molar-refractivity contribution is 7.10. The van der Waals surface area contributed by atoms with Gasteiger partial charge in [-0.05, 0) is 29.0 Å². The molecule has 0 bridgehead atoms. The number of hydrogen-bond donors (Lipinski definition) is 1. The lowest BCUT2D eigenvalue weighted by Gasteiger charge is -2.18. The SMILES string of the molecule is CCc1ccc([C@@H](NC(=O)c2cnccn2)c2cccs2)cc1. The summed E-state index contributed by atoms with van der Waals surface area (Å²) in [5, 5.41) is 5.07. The van der Waals surface area contributed by atoms with E-state index in [0.29, 0.717) is 5.69 Å². The second-order valence-electron chi connectivity index (χ2n) is 5.11. The Morgan fingerprint density at radius 1 is 1.22 bits per heavy atom. The van der Waals surface area contributed by atoms with Crippen LogP contribution in [0.3, 0.4) is 0 Å². The van der Waals surface area contributed by atoms with Gasteiger partial charge in [0.2, 0.25) is 0 Å². The lowest BCUT2D eigenvalue weighted by Crippen LogP contribution is -2.29. The maximum absolute atomic E-state index is 12.4. The smallest absolute Gasteiger partial charge is 0.272 e. The van der Waals surface area contributed by atoms with Gasteiger partial charge in [0.15, 0.2) is 0 Å². The molecule has 1 amide bonds. The summed E-state index contributed by atoms with van der Waals surface area (Å²) in [6.07, 6.45) is 5.54. The summed E-state index contributed by atoms with van der Waals surface area (Å²) in [4.78, 5) is 21.5. The summed E-state index contributed by atoms with van der Waals surface area (Å²) in [6.45, 7) is 2.13. The number of rotatable bonds is 5. The van der Waals surface area contributed by atoms with Gasteiger partial charge >= 0.3 is 0 Å². The Morgan fingerprint density at radius 3 is 2.65 bits per heavy atom. The highest BCUT2D eigenvalue weighted by Gasteiger charge is 2.19. The van der Waals surface area contributed by atoms with Gasteiger partial charge in [-0.2, -0.15) is 0 Å². The summed E-state index contributed by atoms with van der Waals surface area (Å²) in [5.41, 5.74) is 2.65. The van der Waals surface area contributed by atoms with Crippen LogP contribution in [0.2, 0.25) is 0 Å². The molecule has 0 radical (unpaired) electrons. The van der Waals surface area contributed by atoms with Crippen LogP contribution in [0, 0.1) is 0 Å². The van der Waals surface area contributed by atoms with Crippen molar-refractivity contribution < 1.29 is 4.79 Å². The van der Waals surface area contributed by atoms with Crippen molar-refractivity contribution in [3.63, 3.8) is 0 Å². The third kappa shape index (κ3) is 3.63. The Hall–Kier alpha value is -2.53. The van der Waals surface area contributed by atoms with Crippen LogP contribution in [-0.2, 0) is 6.42 Å². The predicted octanol–water partition coefficient (Wildman–Crippen LogP) is 3.62. The molecule has 3 aromatic rings. The summed E-state index contributed by atoms with van der Waals surface area (Å²) >= 11 is 1.62. The molecule has 2 aromatic heterocycles. The van der Waals surface area contributed by atoms with Crippen LogP contribution in [0.5, 0.6) is 0 Å². The number of carbonyl (C=O) groups is 1. The van der Waals surface area contributed by atoms with E-state index in [4.69, 9.17) is 0 Å². The number of nitrogens with one attached hydrogen (secondary N) is 1. The van der Waals surface area contributed by atoms with Crippen LogP contribution >= 0.6 is 11.3 Å². The number of nitrogens with zero attached hydrogens (tertiary/aromatic N) is 2. The van der Waals surface area contributed by atoms with Crippen LogP contribution in [0.15, 0.2) is 60.4 Å². The Labute approximate surface area is 139 Å². The molecule has 1 aromatic carbocycles. The average Bonchev–Trinajstić information content (AvgIpc) is 3.15. The second kappa shape index (κ2) is 7.15. The van der Waals surface area contributed by atoms with Crippen molar-refractivity contribution in [2.75, 3.05) is 0 Å². The number of aromatic nitrogens is 2. The van der Waals surface area contributed by atoms with Gasteiger partial charge in [0.25, 0.3) is 5.91 Å². The van der Waals surface area contributed by atoms with Crippen molar-refractivity contribution in [2.24, 2.45) is 0 Å². The molecule has 1 atom stereocenters. The zero-order chi connectivity index (χ0) is 16.1. The molecular weight excluding hydrogens is 306 g/mol. The number of thiophene rings is 1. The van der Waals surface area contributed by atoms with Crippen molar-refractivity contribution in [1.82, 2.24) is 15.3 Å². The van der Waals surface area contributed by atoms with E-state index in [2.05, 4.69) is 46.5 Å². The maximum atomic E-state index is 12.4. The molecule has 1 N–H and O–H groups in total. The topological polar surface area (TPSA) is 54.9 Å². The molecule has 0 aliphatic carbocycles. The van der Waals surface area contributed by atoms with Crippen molar-refractivity contribution in [1.29, 1.82) is 0 Å². The molecule has 116 valence electrons. The summed E-state index contributed by atoms with van der Waals surface area (Å²) < 4.78 is 0. The minimum atomic E-state index is -0.226. The third-order valence-electron chi connectivity index (χ3n) is 3.62. The summed E-state index contributed by atoms with van der Waals surface area (Å²) in [6, 6.07) is 12.2. The first-order valence-electron chi connectivity index (χ1n) is 7.47. The van der Waals surface area contributed by atoms with Crippen molar-refractivity contribution in [3.8, 4) is 0 Å². The van der Waals surface area contributed by atoms with Crippen LogP contribution in [0.1, 0.15) is 39.5 Å². The van der Waals surface area contributed by atoms with E-state index in [-0.39, 0.29) is 11.9 Å². The summed E-state index contributed by atoms with van der Waals surface area (Å²) in [5.74, 6) is -0.226. The predicted molar refractivity (Wildman–Crippen MR) is 91.5 cm³/mol. The van der Waals surface area contributed by atoms with Crippen LogP contribution in [-0.4, -0.2) is 15.9 Å². The first-order chi connectivity index (χ1) is 11.3. The molecule has 0 aliphatic heterocycles. The van der Waals surface area contributed by atoms with E-state index in [1.54, 1.807) is 17.5 Å². The minimum Gasteiger partial charge on any atom is -0.339 e.